The Morgan fingerprint density at radius 1 is 1.04 bits per heavy atom. The molecule has 0 unspecified atom stereocenters. The number of hydrogen-bond acceptors (Lipinski definition) is 3. The van der Waals surface area contributed by atoms with E-state index in [2.05, 4.69) is 28.9 Å². The number of para-hydroxylation sites is 1. The molecule has 0 heterocycles. The van der Waals surface area contributed by atoms with Gasteiger partial charge < -0.3 is 9.64 Å². The Kier molecular flexibility index (Phi) is 5.92. The molecular formula is C19H22N2O2. The fraction of sp³-hybridized carbons (Fsp3) is 0.263. The first-order chi connectivity index (χ1) is 11.2. The summed E-state index contributed by atoms with van der Waals surface area (Å²) >= 11 is 0. The van der Waals surface area contributed by atoms with Crippen LogP contribution in [-0.4, -0.2) is 25.0 Å². The number of hydrogen-bond donors (Lipinski definition) is 0. The molecule has 2 aromatic rings. The molecule has 0 spiro atoms. The van der Waals surface area contributed by atoms with Crippen molar-refractivity contribution in [2.75, 3.05) is 18.1 Å². The molecule has 2 rings (SSSR count). The van der Waals surface area contributed by atoms with E-state index in [9.17, 15) is 4.79 Å². The first kappa shape index (κ1) is 16.7. The number of nitrogens with zero attached hydrogens (tertiary/aromatic N) is 2. The smallest absolute Gasteiger partial charge is 0.338 e. The van der Waals surface area contributed by atoms with Gasteiger partial charge in [0.1, 0.15) is 5.84 Å². The molecule has 0 radical (unpaired) electrons. The van der Waals surface area contributed by atoms with Gasteiger partial charge in [-0.1, -0.05) is 18.2 Å². The number of anilines is 1. The highest BCUT2D eigenvalue weighted by atomic mass is 16.5. The summed E-state index contributed by atoms with van der Waals surface area (Å²) in [5.41, 5.74) is 2.46. The second-order valence-corrected chi connectivity index (χ2v) is 5.01. The fourth-order valence-corrected chi connectivity index (χ4v) is 2.34. The van der Waals surface area contributed by atoms with Crippen molar-refractivity contribution in [3.8, 4) is 0 Å². The average molecular weight is 310 g/mol. The van der Waals surface area contributed by atoms with Crippen molar-refractivity contribution in [2.45, 2.75) is 20.8 Å². The summed E-state index contributed by atoms with van der Waals surface area (Å²) < 4.78 is 4.98. The summed E-state index contributed by atoms with van der Waals surface area (Å²) in [4.78, 5) is 18.4. The van der Waals surface area contributed by atoms with Gasteiger partial charge in [0.05, 0.1) is 17.9 Å². The maximum absolute atomic E-state index is 11.7. The van der Waals surface area contributed by atoms with Gasteiger partial charge in [0, 0.05) is 12.2 Å². The Hall–Kier alpha value is -2.62. The molecule has 0 N–H and O–H groups in total. The van der Waals surface area contributed by atoms with Gasteiger partial charge in [-0.05, 0) is 57.2 Å². The number of carbonyl (C=O) groups is 1. The molecule has 0 aliphatic carbocycles. The third-order valence-corrected chi connectivity index (χ3v) is 3.44. The zero-order chi connectivity index (χ0) is 16.7. The van der Waals surface area contributed by atoms with Crippen molar-refractivity contribution >= 4 is 23.2 Å². The monoisotopic (exact) mass is 310 g/mol. The summed E-state index contributed by atoms with van der Waals surface area (Å²) in [7, 11) is 0. The van der Waals surface area contributed by atoms with Gasteiger partial charge in [-0.2, -0.15) is 0 Å². The van der Waals surface area contributed by atoms with E-state index in [0.29, 0.717) is 12.2 Å². The van der Waals surface area contributed by atoms with Crippen LogP contribution in [-0.2, 0) is 4.74 Å². The first-order valence-corrected chi connectivity index (χ1v) is 7.80. The Labute approximate surface area is 137 Å². The number of esters is 1. The van der Waals surface area contributed by atoms with Crippen LogP contribution in [0.3, 0.4) is 0 Å². The van der Waals surface area contributed by atoms with Crippen LogP contribution >= 0.6 is 0 Å². The predicted molar refractivity (Wildman–Crippen MR) is 94.6 cm³/mol. The molecule has 4 nitrogen and oxygen atoms in total. The normalized spacial score (nSPS) is 11.2. The standard InChI is InChI=1S/C19H22N2O2/c1-4-21(18-9-7-6-8-10-18)15(3)20-17-13-11-16(12-14-17)19(22)23-5-2/h6-14H,4-5H2,1-3H3. The Bertz CT molecular complexity index is 664. The first-order valence-electron chi connectivity index (χ1n) is 7.80. The molecule has 0 amide bonds. The minimum Gasteiger partial charge on any atom is -0.462 e. The molecule has 0 bridgehead atoms. The molecule has 0 saturated carbocycles. The minimum atomic E-state index is -0.306. The zero-order valence-corrected chi connectivity index (χ0v) is 13.8. The van der Waals surface area contributed by atoms with Crippen LogP contribution in [0.4, 0.5) is 11.4 Å². The molecule has 0 aromatic heterocycles. The molecule has 120 valence electrons. The van der Waals surface area contributed by atoms with Gasteiger partial charge in [0.15, 0.2) is 0 Å². The second-order valence-electron chi connectivity index (χ2n) is 5.01. The largest absolute Gasteiger partial charge is 0.462 e. The van der Waals surface area contributed by atoms with Crippen LogP contribution in [0.1, 0.15) is 31.1 Å². The highest BCUT2D eigenvalue weighted by molar-refractivity contribution is 5.97. The number of amidine groups is 1. The lowest BCUT2D eigenvalue weighted by molar-refractivity contribution is 0.0526. The van der Waals surface area contributed by atoms with E-state index in [1.165, 1.54) is 0 Å². The number of rotatable bonds is 5. The number of carbonyl (C=O) groups excluding carboxylic acids is 1. The van der Waals surface area contributed by atoms with Gasteiger partial charge in [-0.25, -0.2) is 9.79 Å². The highest BCUT2D eigenvalue weighted by Crippen LogP contribution is 2.18. The lowest BCUT2D eigenvalue weighted by Gasteiger charge is -2.22. The van der Waals surface area contributed by atoms with Gasteiger partial charge >= 0.3 is 5.97 Å². The fourth-order valence-electron chi connectivity index (χ4n) is 2.34. The van der Waals surface area contributed by atoms with Crippen molar-refractivity contribution in [1.82, 2.24) is 0 Å². The van der Waals surface area contributed by atoms with E-state index in [4.69, 9.17) is 4.74 Å². The average Bonchev–Trinajstić information content (AvgIpc) is 2.57. The topological polar surface area (TPSA) is 41.9 Å². The molecule has 23 heavy (non-hydrogen) atoms. The molecule has 0 saturated heterocycles. The lowest BCUT2D eigenvalue weighted by Crippen LogP contribution is -2.27. The lowest BCUT2D eigenvalue weighted by atomic mass is 10.2. The van der Waals surface area contributed by atoms with Crippen molar-refractivity contribution < 1.29 is 9.53 Å². The van der Waals surface area contributed by atoms with Gasteiger partial charge in [-0.3, -0.25) is 0 Å². The summed E-state index contributed by atoms with van der Waals surface area (Å²) in [6, 6.07) is 17.3. The van der Waals surface area contributed by atoms with E-state index in [0.717, 1.165) is 23.8 Å². The van der Waals surface area contributed by atoms with E-state index < -0.39 is 0 Å². The maximum Gasteiger partial charge on any atom is 0.338 e. The van der Waals surface area contributed by atoms with Crippen molar-refractivity contribution in [3.05, 3.63) is 60.2 Å². The maximum atomic E-state index is 11.7. The summed E-state index contributed by atoms with van der Waals surface area (Å²) in [6.07, 6.45) is 0. The van der Waals surface area contributed by atoms with E-state index in [1.807, 2.05) is 37.3 Å². The van der Waals surface area contributed by atoms with Crippen LogP contribution in [0.5, 0.6) is 0 Å². The molecule has 4 heteroatoms. The second kappa shape index (κ2) is 8.13. The summed E-state index contributed by atoms with van der Waals surface area (Å²) in [5, 5.41) is 0. The van der Waals surface area contributed by atoms with Gasteiger partial charge in [0.2, 0.25) is 0 Å². The number of ether oxygens (including phenoxy) is 1. The minimum absolute atomic E-state index is 0.306. The Balaban J connectivity index is 2.18. The van der Waals surface area contributed by atoms with Crippen LogP contribution in [0.2, 0.25) is 0 Å². The number of aliphatic imine (C=N–C) groups is 1. The quantitative estimate of drug-likeness (QED) is 0.466. The summed E-state index contributed by atoms with van der Waals surface area (Å²) in [6.45, 7) is 7.08. The zero-order valence-electron chi connectivity index (χ0n) is 13.8. The summed E-state index contributed by atoms with van der Waals surface area (Å²) in [5.74, 6) is 0.599. The van der Waals surface area contributed by atoms with Gasteiger partial charge in [-0.15, -0.1) is 0 Å². The Morgan fingerprint density at radius 2 is 1.70 bits per heavy atom. The molecule has 0 atom stereocenters. The van der Waals surface area contributed by atoms with Crippen molar-refractivity contribution in [3.63, 3.8) is 0 Å². The third kappa shape index (κ3) is 4.42. The molecule has 2 aromatic carbocycles. The van der Waals surface area contributed by atoms with E-state index in [1.54, 1.807) is 19.1 Å². The van der Waals surface area contributed by atoms with Crippen LogP contribution in [0.15, 0.2) is 59.6 Å². The van der Waals surface area contributed by atoms with E-state index in [-0.39, 0.29) is 5.97 Å². The predicted octanol–water partition coefficient (Wildman–Crippen LogP) is 4.44. The van der Waals surface area contributed by atoms with Crippen LogP contribution in [0, 0.1) is 0 Å². The van der Waals surface area contributed by atoms with Crippen LogP contribution in [0.25, 0.3) is 0 Å². The molecule has 0 aliphatic heterocycles. The Morgan fingerprint density at radius 3 is 2.26 bits per heavy atom. The molecular weight excluding hydrogens is 288 g/mol. The molecule has 0 fully saturated rings. The number of benzene rings is 2. The van der Waals surface area contributed by atoms with E-state index >= 15 is 0 Å². The third-order valence-electron chi connectivity index (χ3n) is 3.44. The SMILES string of the molecule is CCOC(=O)c1ccc(N=C(C)N(CC)c2ccccc2)cc1. The highest BCUT2D eigenvalue weighted by Gasteiger charge is 2.08. The van der Waals surface area contributed by atoms with Gasteiger partial charge in [0.25, 0.3) is 0 Å². The van der Waals surface area contributed by atoms with Crippen molar-refractivity contribution in [2.24, 2.45) is 4.99 Å². The molecule has 0 aliphatic rings. The van der Waals surface area contributed by atoms with Crippen molar-refractivity contribution in [1.29, 1.82) is 0 Å². The van der Waals surface area contributed by atoms with Crippen LogP contribution < -0.4 is 4.90 Å².